The second-order valence-corrected chi connectivity index (χ2v) is 6.30. The number of carbonyl (C=O) groups is 1. The molecule has 7 heteroatoms. The second kappa shape index (κ2) is 6.84. The molecule has 0 saturated heterocycles. The summed E-state index contributed by atoms with van der Waals surface area (Å²) in [6, 6.07) is 13.5. The minimum absolute atomic E-state index is 0.197. The Bertz CT molecular complexity index is 873. The first-order chi connectivity index (χ1) is 11.5. The number of aromatic nitrogens is 3. The zero-order chi connectivity index (χ0) is 17.1. The highest BCUT2D eigenvalue weighted by molar-refractivity contribution is 9.10. The molecular weight excluding hydrogens is 370 g/mol. The number of aryl methyl sites for hydroxylation is 2. The molecule has 6 nitrogen and oxygen atoms in total. The lowest BCUT2D eigenvalue weighted by Crippen LogP contribution is -2.14. The summed E-state index contributed by atoms with van der Waals surface area (Å²) in [7, 11) is 0. The standard InChI is InChI=1S/C17H16BrN5O/c1-10-3-6-12(7-4-10)19-16-15(21-23-22-16)17(24)20-14-8-5-11(2)9-13(14)18/h3-9H,1-2H3,(H,20,24)(H2,19,21,22,23). The fourth-order valence-corrected chi connectivity index (χ4v) is 2.75. The monoisotopic (exact) mass is 385 g/mol. The molecule has 1 heterocycles. The number of hydrogen-bond donors (Lipinski definition) is 3. The molecule has 0 saturated carbocycles. The molecule has 0 aliphatic rings. The predicted octanol–water partition coefficient (Wildman–Crippen LogP) is 4.18. The van der Waals surface area contributed by atoms with Crippen LogP contribution in [0.15, 0.2) is 46.9 Å². The molecule has 0 aliphatic carbocycles. The van der Waals surface area contributed by atoms with E-state index >= 15 is 0 Å². The Morgan fingerprint density at radius 1 is 1.04 bits per heavy atom. The Morgan fingerprint density at radius 2 is 1.75 bits per heavy atom. The van der Waals surface area contributed by atoms with E-state index < -0.39 is 0 Å². The van der Waals surface area contributed by atoms with Crippen molar-refractivity contribution in [2.75, 3.05) is 10.6 Å². The average Bonchev–Trinajstić information content (AvgIpc) is 3.00. The fourth-order valence-electron chi connectivity index (χ4n) is 2.15. The Hall–Kier alpha value is -2.67. The molecule has 0 atom stereocenters. The number of amides is 1. The van der Waals surface area contributed by atoms with Crippen LogP contribution in [-0.4, -0.2) is 21.3 Å². The molecule has 0 fully saturated rings. The van der Waals surface area contributed by atoms with E-state index in [0.717, 1.165) is 21.3 Å². The van der Waals surface area contributed by atoms with Crippen molar-refractivity contribution in [3.8, 4) is 0 Å². The molecule has 0 aliphatic heterocycles. The van der Waals surface area contributed by atoms with Crippen LogP contribution in [0, 0.1) is 13.8 Å². The number of carbonyl (C=O) groups excluding carboxylic acids is 1. The average molecular weight is 386 g/mol. The Kier molecular flexibility index (Phi) is 4.61. The van der Waals surface area contributed by atoms with Crippen molar-refractivity contribution in [1.82, 2.24) is 15.4 Å². The van der Waals surface area contributed by atoms with E-state index in [1.807, 2.05) is 56.3 Å². The van der Waals surface area contributed by atoms with Gasteiger partial charge in [-0.15, -0.1) is 10.2 Å². The normalized spacial score (nSPS) is 10.5. The van der Waals surface area contributed by atoms with Crippen LogP contribution in [0.3, 0.4) is 0 Å². The molecule has 3 aromatic rings. The number of halogens is 1. The fraction of sp³-hybridized carbons (Fsp3) is 0.118. The summed E-state index contributed by atoms with van der Waals surface area (Å²) in [5.41, 5.74) is 3.96. The highest BCUT2D eigenvalue weighted by Gasteiger charge is 2.17. The second-order valence-electron chi connectivity index (χ2n) is 5.45. The van der Waals surface area contributed by atoms with Crippen LogP contribution < -0.4 is 10.6 Å². The molecule has 1 amide bonds. The molecule has 3 rings (SSSR count). The maximum atomic E-state index is 12.5. The van der Waals surface area contributed by atoms with Gasteiger partial charge in [0, 0.05) is 10.2 Å². The SMILES string of the molecule is Cc1ccc(Nc2n[nH]nc2C(=O)Nc2ccc(C)cc2Br)cc1. The number of aromatic amines is 1. The van der Waals surface area contributed by atoms with E-state index in [2.05, 4.69) is 42.0 Å². The zero-order valence-electron chi connectivity index (χ0n) is 13.2. The third kappa shape index (κ3) is 3.62. The van der Waals surface area contributed by atoms with Crippen molar-refractivity contribution < 1.29 is 4.79 Å². The van der Waals surface area contributed by atoms with Crippen molar-refractivity contribution >= 4 is 39.0 Å². The lowest BCUT2D eigenvalue weighted by atomic mass is 10.2. The Balaban J connectivity index is 1.78. The summed E-state index contributed by atoms with van der Waals surface area (Å²) in [5.74, 6) is 0.0301. The number of hydrogen-bond acceptors (Lipinski definition) is 4. The van der Waals surface area contributed by atoms with Crippen LogP contribution in [0.1, 0.15) is 21.6 Å². The van der Waals surface area contributed by atoms with Crippen LogP contribution in [-0.2, 0) is 0 Å². The van der Waals surface area contributed by atoms with Gasteiger partial charge in [-0.3, -0.25) is 4.79 Å². The van der Waals surface area contributed by atoms with Crippen molar-refractivity contribution in [2.24, 2.45) is 0 Å². The van der Waals surface area contributed by atoms with Crippen molar-refractivity contribution in [2.45, 2.75) is 13.8 Å². The van der Waals surface area contributed by atoms with Gasteiger partial charge in [-0.1, -0.05) is 23.8 Å². The number of anilines is 3. The van der Waals surface area contributed by atoms with Crippen molar-refractivity contribution in [3.63, 3.8) is 0 Å². The molecule has 0 spiro atoms. The lowest BCUT2D eigenvalue weighted by Gasteiger charge is -2.08. The lowest BCUT2D eigenvalue weighted by molar-refractivity contribution is 0.102. The number of H-pyrrole nitrogens is 1. The molecule has 0 unspecified atom stereocenters. The van der Waals surface area contributed by atoms with Gasteiger partial charge in [-0.25, -0.2) is 0 Å². The zero-order valence-corrected chi connectivity index (χ0v) is 14.8. The van der Waals surface area contributed by atoms with Gasteiger partial charge >= 0.3 is 0 Å². The van der Waals surface area contributed by atoms with Gasteiger partial charge in [0.15, 0.2) is 11.5 Å². The number of nitrogens with one attached hydrogen (secondary N) is 3. The van der Waals surface area contributed by atoms with Gasteiger partial charge in [0.2, 0.25) is 0 Å². The van der Waals surface area contributed by atoms with Crippen LogP contribution in [0.2, 0.25) is 0 Å². The smallest absolute Gasteiger partial charge is 0.280 e. The third-order valence-corrected chi connectivity index (χ3v) is 4.11. The number of benzene rings is 2. The van der Waals surface area contributed by atoms with Gasteiger partial charge in [-0.05, 0) is 59.6 Å². The van der Waals surface area contributed by atoms with Gasteiger partial charge < -0.3 is 10.6 Å². The quantitative estimate of drug-likeness (QED) is 0.628. The molecule has 0 bridgehead atoms. The largest absolute Gasteiger partial charge is 0.337 e. The summed E-state index contributed by atoms with van der Waals surface area (Å²) in [4.78, 5) is 12.5. The first-order valence-electron chi connectivity index (χ1n) is 7.35. The maximum Gasteiger partial charge on any atom is 0.280 e. The number of nitrogens with zero attached hydrogens (tertiary/aromatic N) is 2. The Morgan fingerprint density at radius 3 is 2.46 bits per heavy atom. The predicted molar refractivity (Wildman–Crippen MR) is 97.7 cm³/mol. The first-order valence-corrected chi connectivity index (χ1v) is 8.14. The third-order valence-electron chi connectivity index (χ3n) is 3.45. The van der Waals surface area contributed by atoms with Gasteiger partial charge in [0.25, 0.3) is 5.91 Å². The van der Waals surface area contributed by atoms with E-state index in [-0.39, 0.29) is 11.6 Å². The van der Waals surface area contributed by atoms with Crippen LogP contribution in [0.5, 0.6) is 0 Å². The summed E-state index contributed by atoms with van der Waals surface area (Å²) >= 11 is 3.44. The molecule has 2 aromatic carbocycles. The maximum absolute atomic E-state index is 12.5. The highest BCUT2D eigenvalue weighted by Crippen LogP contribution is 2.25. The molecule has 3 N–H and O–H groups in total. The van der Waals surface area contributed by atoms with E-state index in [1.165, 1.54) is 0 Å². The summed E-state index contributed by atoms with van der Waals surface area (Å²) in [6.45, 7) is 4.00. The topological polar surface area (TPSA) is 82.7 Å². The Labute approximate surface area is 147 Å². The van der Waals surface area contributed by atoms with E-state index in [0.29, 0.717) is 11.5 Å². The highest BCUT2D eigenvalue weighted by atomic mass is 79.9. The van der Waals surface area contributed by atoms with E-state index in [9.17, 15) is 4.79 Å². The minimum atomic E-state index is -0.345. The number of rotatable bonds is 4. The van der Waals surface area contributed by atoms with Gasteiger partial charge in [0.05, 0.1) is 5.69 Å². The van der Waals surface area contributed by atoms with E-state index in [4.69, 9.17) is 0 Å². The van der Waals surface area contributed by atoms with Gasteiger partial charge in [0.1, 0.15) is 0 Å². The molecule has 1 aromatic heterocycles. The van der Waals surface area contributed by atoms with E-state index in [1.54, 1.807) is 0 Å². The van der Waals surface area contributed by atoms with Crippen molar-refractivity contribution in [1.29, 1.82) is 0 Å². The first kappa shape index (κ1) is 16.2. The summed E-state index contributed by atoms with van der Waals surface area (Å²) < 4.78 is 0.812. The van der Waals surface area contributed by atoms with Crippen LogP contribution >= 0.6 is 15.9 Å². The molecule has 122 valence electrons. The summed E-state index contributed by atoms with van der Waals surface area (Å²) in [6.07, 6.45) is 0. The van der Waals surface area contributed by atoms with Gasteiger partial charge in [-0.2, -0.15) is 5.21 Å². The summed E-state index contributed by atoms with van der Waals surface area (Å²) in [5, 5.41) is 16.4. The van der Waals surface area contributed by atoms with Crippen molar-refractivity contribution in [3.05, 3.63) is 63.8 Å². The molecular formula is C17H16BrN5O. The van der Waals surface area contributed by atoms with Crippen LogP contribution in [0.25, 0.3) is 0 Å². The molecule has 0 radical (unpaired) electrons. The van der Waals surface area contributed by atoms with Crippen LogP contribution in [0.4, 0.5) is 17.2 Å². The molecule has 24 heavy (non-hydrogen) atoms. The minimum Gasteiger partial charge on any atom is -0.337 e.